The fraction of sp³-hybridized carbons (Fsp3) is 0. The van der Waals surface area contributed by atoms with Crippen LogP contribution >= 0.6 is 0 Å². The van der Waals surface area contributed by atoms with Crippen LogP contribution in [0.2, 0.25) is 0 Å². The van der Waals surface area contributed by atoms with E-state index in [-0.39, 0.29) is 401 Å². The van der Waals surface area contributed by atoms with Crippen LogP contribution in [0.15, 0.2) is 0 Å². The summed E-state index contributed by atoms with van der Waals surface area (Å²) in [5.74, 6) is 0. The molecule has 11 heavy (non-hydrogen) atoms. The number of hydrogen-bond acceptors (Lipinski definition) is 0. The molecule has 0 saturated heterocycles. The van der Waals surface area contributed by atoms with Crippen molar-refractivity contribution in [3.63, 3.8) is 0 Å². The van der Waals surface area contributed by atoms with Crippen LogP contribution < -0.4 is 37.2 Å². The van der Waals surface area contributed by atoms with E-state index in [9.17, 15) is 0 Å². The van der Waals surface area contributed by atoms with Crippen LogP contribution in [0.4, 0.5) is 0 Å². The molecule has 0 aliphatic carbocycles. The van der Waals surface area contributed by atoms with E-state index < -0.39 is 0 Å². The molecule has 0 rings (SSSR count). The van der Waals surface area contributed by atoms with Gasteiger partial charge in [-0.2, -0.15) is 0 Å². The first kappa shape index (κ1) is 77.6. The van der Waals surface area contributed by atoms with Crippen molar-refractivity contribution in [3.8, 4) is 0 Å². The molecule has 11 heteroatoms. The van der Waals surface area contributed by atoms with Crippen molar-refractivity contribution in [1.82, 2.24) is 0 Å². The average Bonchev–Trinajstić information content (AvgIpc) is 0. The van der Waals surface area contributed by atoms with Gasteiger partial charge in [-0.05, 0) is 0 Å². The third-order valence-electron chi connectivity index (χ3n) is 0. The summed E-state index contributed by atoms with van der Waals surface area (Å²) in [5.41, 5.74) is 0. The third kappa shape index (κ3) is 61.3. The topological polar surface area (TPSA) is 0 Å². The van der Waals surface area contributed by atoms with E-state index in [4.69, 9.17) is 0 Å². The average molecular weight is 1250 g/mol. The Kier molecular flexibility index (Phi) is 477. The second-order valence-electron chi connectivity index (χ2n) is 0. The van der Waals surface area contributed by atoms with Gasteiger partial charge in [0.2, 0.25) is 0 Å². The van der Waals surface area contributed by atoms with E-state index in [0.717, 1.165) is 0 Å². The van der Waals surface area contributed by atoms with Crippen molar-refractivity contribution >= 4 is 0 Å². The Morgan fingerprint density at radius 1 is 0.273 bits per heavy atom. The van der Waals surface area contributed by atoms with E-state index in [1.54, 1.807) is 0 Å². The monoisotopic (exact) mass is 1250 g/mol. The molecule has 0 aromatic rings. The minimum atomic E-state index is 0. The minimum Gasteiger partial charge on any atom is -1.00 e. The predicted molar refractivity (Wildman–Crippen MR) is 23.4 cm³/mol. The fourth-order valence-electron chi connectivity index (χ4n) is 0. The Labute approximate surface area is 388 Å². The quantitative estimate of drug-likeness (QED) is 0.227. The van der Waals surface area contributed by atoms with Gasteiger partial charge in [-0.1, -0.05) is 0 Å². The summed E-state index contributed by atoms with van der Waals surface area (Å²) in [4.78, 5) is 0. The summed E-state index contributed by atoms with van der Waals surface area (Å²) in [6, 6.07) is 0. The molecule has 0 saturated carbocycles. The maximum absolute atomic E-state index is 0. The van der Waals surface area contributed by atoms with Gasteiger partial charge in [0.15, 0.2) is 0 Å². The predicted octanol–water partition coefficient (Wildman–Crippen LogP) is -6.63. The molecule has 0 fully saturated rings. The second kappa shape index (κ2) is 67.6. The molecular formula is H21Ce8Cl3. The van der Waals surface area contributed by atoms with Crippen molar-refractivity contribution in [2.45, 2.75) is 0 Å². The molecule has 0 aliphatic rings. The molecule has 0 atom stereocenters. The van der Waals surface area contributed by atoms with Crippen LogP contribution in [0.3, 0.4) is 0 Å². The number of halogens is 3. The smallest absolute Gasteiger partial charge is 1.00 e. The molecule has 0 N–H and O–H groups in total. The van der Waals surface area contributed by atoms with Crippen LogP contribution in [0.25, 0.3) is 0 Å². The van der Waals surface area contributed by atoms with Gasteiger partial charge in [0.25, 0.3) is 0 Å². The van der Waals surface area contributed by atoms with Gasteiger partial charge in [0, 0.05) is 0 Å². The molecule has 0 aromatic heterocycles. The Morgan fingerprint density at radius 3 is 0.273 bits per heavy atom. The first-order valence-electron chi connectivity index (χ1n) is 0. The van der Waals surface area contributed by atoms with Gasteiger partial charge in [0.05, 0.1) is 0 Å². The van der Waals surface area contributed by atoms with Gasteiger partial charge in [0.1, 0.15) is 0 Å². The molecule has 0 spiro atoms. The molecule has 0 aliphatic heterocycles. The Balaban J connectivity index is 0. The van der Waals surface area contributed by atoms with Gasteiger partial charge < -0.3 is 67.2 Å². The van der Waals surface area contributed by atoms with E-state index in [0.29, 0.717) is 0 Å². The van der Waals surface area contributed by atoms with Crippen molar-refractivity contribution in [2.75, 3.05) is 0 Å². The first-order valence-corrected chi connectivity index (χ1v) is 0. The maximum Gasteiger partial charge on any atom is 3.00 e. The Bertz CT molecular complexity index is 39.0. The molecule has 0 amide bonds. The summed E-state index contributed by atoms with van der Waals surface area (Å²) in [6.07, 6.45) is 0. The van der Waals surface area contributed by atoms with Crippen molar-refractivity contribution < 1.29 is 401 Å². The Hall–Kier alpha value is 11.9. The summed E-state index contributed by atoms with van der Waals surface area (Å²) in [7, 11) is 0. The summed E-state index contributed by atoms with van der Waals surface area (Å²) >= 11 is 0. The zero-order valence-corrected chi connectivity index (χ0v) is 32.5. The largest absolute Gasteiger partial charge is 3.00 e. The molecule has 74 valence electrons. The normalized spacial score (nSPS) is 0. The van der Waals surface area contributed by atoms with Crippen molar-refractivity contribution in [3.05, 3.63) is 0 Å². The number of hydrogen-bond donors (Lipinski definition) is 0. The minimum absolute atomic E-state index is 0. The Morgan fingerprint density at radius 2 is 0.273 bits per heavy atom. The van der Waals surface area contributed by atoms with Gasteiger partial charge in [-0.3, -0.25) is 0 Å². The van der Waals surface area contributed by atoms with Crippen LogP contribution in [0.1, 0.15) is 30.0 Å². The summed E-state index contributed by atoms with van der Waals surface area (Å²) in [6.45, 7) is 0. The molecule has 0 bridgehead atoms. The molecule has 0 aromatic carbocycles. The SMILES string of the molecule is [Ce+3].[Ce+3].[Ce+3].[Ce+3].[Ce+3].[Ce+3].[Ce+3].[Ce+3].[Cl-].[Cl-].[Cl-].[H-].[H-].[H-].[H-].[H-].[H-].[H-].[H-].[H-].[H-].[H-].[H-].[H-].[H-].[H-].[H-].[H-].[H-].[H-].[H-].[H-]. The summed E-state index contributed by atoms with van der Waals surface area (Å²) < 4.78 is 0. The molecule has 0 unspecified atom stereocenters. The van der Waals surface area contributed by atoms with Crippen LogP contribution in [0.5, 0.6) is 0 Å². The van der Waals surface area contributed by atoms with E-state index in [1.807, 2.05) is 0 Å². The number of rotatable bonds is 0. The molecule has 0 heterocycles. The van der Waals surface area contributed by atoms with E-state index in [2.05, 4.69) is 0 Å². The van der Waals surface area contributed by atoms with Crippen molar-refractivity contribution in [2.24, 2.45) is 0 Å². The molecular weight excluding hydrogens is 1230 g/mol. The molecule has 0 nitrogen and oxygen atoms in total. The standard InChI is InChI=1S/8Ce.3ClH.21H/h;;;;;;;;3*1H;;;;;;;;;;;;;;;;;;;;;/q8*+3;;;;21*-1/p-3. The third-order valence-corrected chi connectivity index (χ3v) is 0. The first-order chi connectivity index (χ1) is 0. The van der Waals surface area contributed by atoms with Crippen LogP contribution in [-0.2, 0) is 0 Å². The van der Waals surface area contributed by atoms with E-state index >= 15 is 0 Å². The van der Waals surface area contributed by atoms with Crippen LogP contribution in [-0.4, -0.2) is 0 Å². The second-order valence-corrected chi connectivity index (χ2v) is 0. The van der Waals surface area contributed by atoms with E-state index in [1.165, 1.54) is 0 Å². The summed E-state index contributed by atoms with van der Waals surface area (Å²) in [5, 5.41) is 0. The van der Waals surface area contributed by atoms with Crippen LogP contribution in [0, 0.1) is 334 Å². The van der Waals surface area contributed by atoms with Gasteiger partial charge in [-0.15, -0.1) is 0 Å². The van der Waals surface area contributed by atoms with Crippen molar-refractivity contribution in [1.29, 1.82) is 0 Å². The zero-order valence-electron chi connectivity index (χ0n) is 26.1. The molecule has 8 radical (unpaired) electrons. The fourth-order valence-corrected chi connectivity index (χ4v) is 0. The van der Waals surface area contributed by atoms with Gasteiger partial charge >= 0.3 is 334 Å². The zero-order chi connectivity index (χ0) is 0. The maximum atomic E-state index is 0. The van der Waals surface area contributed by atoms with Gasteiger partial charge in [-0.25, -0.2) is 0 Å².